The Labute approximate surface area is 113 Å². The average molecular weight is 268 g/mol. The van der Waals surface area contributed by atoms with E-state index in [-0.39, 0.29) is 17.2 Å². The molecule has 20 heavy (non-hydrogen) atoms. The second kappa shape index (κ2) is 3.72. The van der Waals surface area contributed by atoms with Gasteiger partial charge < -0.3 is 14.7 Å². The van der Waals surface area contributed by atoms with Crippen LogP contribution < -0.4 is 5.56 Å². The normalized spacial score (nSPS) is 15.0. The van der Waals surface area contributed by atoms with Gasteiger partial charge in [-0.05, 0) is 18.9 Å². The fourth-order valence-corrected chi connectivity index (χ4v) is 2.74. The molecule has 1 aromatic carbocycles. The van der Waals surface area contributed by atoms with Crippen LogP contribution in [-0.4, -0.2) is 20.6 Å². The third-order valence-electron chi connectivity index (χ3n) is 3.86. The lowest BCUT2D eigenvalue weighted by Gasteiger charge is -2.06. The van der Waals surface area contributed by atoms with Gasteiger partial charge in [0.15, 0.2) is 0 Å². The van der Waals surface area contributed by atoms with Gasteiger partial charge in [-0.1, -0.05) is 18.2 Å². The fraction of sp³-hybridized carbons (Fsp3) is 0.200. The lowest BCUT2D eigenvalue weighted by Crippen LogP contribution is -2.20. The summed E-state index contributed by atoms with van der Waals surface area (Å²) in [6, 6.07) is 7.56. The Bertz CT molecular complexity index is 916. The minimum absolute atomic E-state index is 0.107. The summed E-state index contributed by atoms with van der Waals surface area (Å²) in [5.74, 6) is -1.02. The number of hydrogen-bond acceptors (Lipinski definition) is 2. The molecule has 2 aromatic heterocycles. The van der Waals surface area contributed by atoms with Crippen molar-refractivity contribution in [3.05, 3.63) is 46.4 Å². The SMILES string of the molecule is O=C(O)c1cn(C2CC2)c(=O)c2c1[nH]c1ccccc12. The van der Waals surface area contributed by atoms with Gasteiger partial charge in [0.05, 0.1) is 10.9 Å². The zero-order chi connectivity index (χ0) is 13.9. The third kappa shape index (κ3) is 1.43. The first kappa shape index (κ1) is 11.3. The Morgan fingerprint density at radius 1 is 1.30 bits per heavy atom. The lowest BCUT2D eigenvalue weighted by atomic mass is 10.1. The molecule has 2 heterocycles. The number of nitrogens with one attached hydrogen (secondary N) is 1. The molecular weight excluding hydrogens is 256 g/mol. The average Bonchev–Trinajstić information content (AvgIpc) is 3.18. The highest BCUT2D eigenvalue weighted by Gasteiger charge is 2.28. The van der Waals surface area contributed by atoms with Crippen molar-refractivity contribution in [1.82, 2.24) is 9.55 Å². The number of aromatic nitrogens is 2. The number of benzene rings is 1. The largest absolute Gasteiger partial charge is 0.478 e. The first-order valence-electron chi connectivity index (χ1n) is 6.55. The van der Waals surface area contributed by atoms with Crippen LogP contribution in [0, 0.1) is 0 Å². The summed E-state index contributed by atoms with van der Waals surface area (Å²) in [4.78, 5) is 27.1. The molecule has 1 aliphatic carbocycles. The number of nitrogens with zero attached hydrogens (tertiary/aromatic N) is 1. The Hall–Kier alpha value is -2.56. The quantitative estimate of drug-likeness (QED) is 0.749. The number of fused-ring (bicyclic) bond motifs is 3. The highest BCUT2D eigenvalue weighted by molar-refractivity contribution is 6.13. The molecule has 3 aromatic rings. The molecule has 0 atom stereocenters. The van der Waals surface area contributed by atoms with Crippen LogP contribution in [0.3, 0.4) is 0 Å². The molecule has 0 amide bonds. The zero-order valence-corrected chi connectivity index (χ0v) is 10.6. The van der Waals surface area contributed by atoms with Crippen LogP contribution in [-0.2, 0) is 0 Å². The minimum atomic E-state index is -1.02. The number of pyridine rings is 1. The Morgan fingerprint density at radius 2 is 2.05 bits per heavy atom. The van der Waals surface area contributed by atoms with E-state index in [4.69, 9.17) is 0 Å². The standard InChI is InChI=1S/C15H12N2O3/c18-14-12-9-3-1-2-4-11(9)16-13(12)10(15(19)20)7-17(14)8-5-6-8/h1-4,7-8,16H,5-6H2,(H,19,20). The van der Waals surface area contributed by atoms with Gasteiger partial charge in [0.2, 0.25) is 0 Å². The highest BCUT2D eigenvalue weighted by atomic mass is 16.4. The maximum atomic E-state index is 12.6. The van der Waals surface area contributed by atoms with Gasteiger partial charge in [0, 0.05) is 23.1 Å². The number of carbonyl (C=O) groups is 1. The van der Waals surface area contributed by atoms with Gasteiger partial charge >= 0.3 is 5.97 Å². The molecule has 0 saturated heterocycles. The molecule has 2 N–H and O–H groups in total. The third-order valence-corrected chi connectivity index (χ3v) is 3.86. The van der Waals surface area contributed by atoms with E-state index < -0.39 is 5.97 Å². The molecular formula is C15H12N2O3. The Kier molecular flexibility index (Phi) is 2.10. The highest BCUT2D eigenvalue weighted by Crippen LogP contribution is 2.35. The summed E-state index contributed by atoms with van der Waals surface area (Å²) in [7, 11) is 0. The Morgan fingerprint density at radius 3 is 2.75 bits per heavy atom. The van der Waals surface area contributed by atoms with Crippen LogP contribution in [0.5, 0.6) is 0 Å². The van der Waals surface area contributed by atoms with Crippen LogP contribution in [0.2, 0.25) is 0 Å². The monoisotopic (exact) mass is 268 g/mol. The molecule has 100 valence electrons. The van der Waals surface area contributed by atoms with E-state index in [1.165, 1.54) is 6.20 Å². The van der Waals surface area contributed by atoms with Gasteiger partial charge in [-0.25, -0.2) is 4.79 Å². The molecule has 4 rings (SSSR count). The van der Waals surface area contributed by atoms with Crippen molar-refractivity contribution < 1.29 is 9.90 Å². The van der Waals surface area contributed by atoms with Crippen molar-refractivity contribution in [1.29, 1.82) is 0 Å². The van der Waals surface area contributed by atoms with E-state index in [1.54, 1.807) is 4.57 Å². The van der Waals surface area contributed by atoms with Crippen molar-refractivity contribution in [3.8, 4) is 0 Å². The molecule has 0 spiro atoms. The number of para-hydroxylation sites is 1. The maximum Gasteiger partial charge on any atom is 0.339 e. The van der Waals surface area contributed by atoms with Crippen molar-refractivity contribution in [2.45, 2.75) is 18.9 Å². The molecule has 1 fully saturated rings. The van der Waals surface area contributed by atoms with E-state index in [9.17, 15) is 14.7 Å². The van der Waals surface area contributed by atoms with E-state index in [0.717, 1.165) is 23.7 Å². The molecule has 0 aliphatic heterocycles. The van der Waals surface area contributed by atoms with Crippen LogP contribution in [0.25, 0.3) is 21.8 Å². The fourth-order valence-electron chi connectivity index (χ4n) is 2.74. The van der Waals surface area contributed by atoms with Crippen molar-refractivity contribution in [3.63, 3.8) is 0 Å². The summed E-state index contributed by atoms with van der Waals surface area (Å²) >= 11 is 0. The number of hydrogen-bond donors (Lipinski definition) is 2. The second-order valence-corrected chi connectivity index (χ2v) is 5.21. The summed E-state index contributed by atoms with van der Waals surface area (Å²) in [6.45, 7) is 0. The van der Waals surface area contributed by atoms with Crippen molar-refractivity contribution in [2.24, 2.45) is 0 Å². The van der Waals surface area contributed by atoms with Gasteiger partial charge in [-0.15, -0.1) is 0 Å². The maximum absolute atomic E-state index is 12.6. The zero-order valence-electron chi connectivity index (χ0n) is 10.6. The number of H-pyrrole nitrogens is 1. The summed E-state index contributed by atoms with van der Waals surface area (Å²) in [5, 5.41) is 10.7. The molecule has 0 radical (unpaired) electrons. The van der Waals surface area contributed by atoms with E-state index in [1.807, 2.05) is 24.3 Å². The van der Waals surface area contributed by atoms with Crippen LogP contribution >= 0.6 is 0 Å². The van der Waals surface area contributed by atoms with Gasteiger partial charge in [0.25, 0.3) is 5.56 Å². The second-order valence-electron chi connectivity index (χ2n) is 5.21. The van der Waals surface area contributed by atoms with Crippen molar-refractivity contribution >= 4 is 27.8 Å². The van der Waals surface area contributed by atoms with Crippen LogP contribution in [0.15, 0.2) is 35.3 Å². The number of carboxylic acid groups (broad SMARTS) is 1. The number of rotatable bonds is 2. The summed E-state index contributed by atoms with van der Waals surface area (Å²) < 4.78 is 1.58. The first-order valence-corrected chi connectivity index (χ1v) is 6.55. The van der Waals surface area contributed by atoms with E-state index in [2.05, 4.69) is 4.98 Å². The van der Waals surface area contributed by atoms with E-state index >= 15 is 0 Å². The molecule has 0 bridgehead atoms. The molecule has 5 nitrogen and oxygen atoms in total. The van der Waals surface area contributed by atoms with Gasteiger partial charge in [-0.2, -0.15) is 0 Å². The molecule has 1 aliphatic rings. The van der Waals surface area contributed by atoms with Gasteiger partial charge in [0.1, 0.15) is 5.56 Å². The smallest absolute Gasteiger partial charge is 0.339 e. The molecule has 1 saturated carbocycles. The lowest BCUT2D eigenvalue weighted by molar-refractivity contribution is 0.0698. The number of aromatic amines is 1. The first-order chi connectivity index (χ1) is 9.66. The molecule has 0 unspecified atom stereocenters. The Balaban J connectivity index is 2.24. The number of aromatic carboxylic acids is 1. The van der Waals surface area contributed by atoms with Gasteiger partial charge in [-0.3, -0.25) is 4.79 Å². The topological polar surface area (TPSA) is 75.1 Å². The summed E-state index contributed by atoms with van der Waals surface area (Å²) in [5.41, 5.74) is 1.25. The van der Waals surface area contributed by atoms with Crippen LogP contribution in [0.4, 0.5) is 0 Å². The predicted octanol–water partition coefficient (Wildman–Crippen LogP) is 2.52. The van der Waals surface area contributed by atoms with Crippen molar-refractivity contribution in [2.75, 3.05) is 0 Å². The van der Waals surface area contributed by atoms with Crippen LogP contribution in [0.1, 0.15) is 29.2 Å². The number of carboxylic acids is 1. The predicted molar refractivity (Wildman–Crippen MR) is 75.3 cm³/mol. The summed E-state index contributed by atoms with van der Waals surface area (Å²) in [6.07, 6.45) is 3.35. The minimum Gasteiger partial charge on any atom is -0.478 e. The molecule has 5 heteroatoms. The van der Waals surface area contributed by atoms with E-state index in [0.29, 0.717) is 10.9 Å².